The second-order valence-electron chi connectivity index (χ2n) is 11.0. The van der Waals surface area contributed by atoms with E-state index in [1.54, 1.807) is 0 Å². The number of benzene rings is 7. The minimum absolute atomic E-state index is 0.866. The fourth-order valence-electron chi connectivity index (χ4n) is 6.12. The molecule has 0 N–H and O–H groups in total. The van der Waals surface area contributed by atoms with Crippen molar-refractivity contribution in [2.24, 2.45) is 0 Å². The Morgan fingerprint density at radius 3 is 1.27 bits per heavy atom. The van der Waals surface area contributed by atoms with Crippen LogP contribution in [0, 0.1) is 0 Å². The Morgan fingerprint density at radius 1 is 0.318 bits per heavy atom. The summed E-state index contributed by atoms with van der Waals surface area (Å²) in [5.74, 6) is 0. The van der Waals surface area contributed by atoms with Gasteiger partial charge in [0.1, 0.15) is 5.58 Å². The molecule has 2 heteroatoms. The Kier molecular flexibility index (Phi) is 6.51. The molecule has 0 unspecified atom stereocenters. The first kappa shape index (κ1) is 25.8. The van der Waals surface area contributed by atoms with Crippen molar-refractivity contribution < 1.29 is 4.42 Å². The van der Waals surface area contributed by atoms with Crippen LogP contribution in [0.1, 0.15) is 0 Å². The van der Waals surface area contributed by atoms with E-state index >= 15 is 0 Å². The van der Waals surface area contributed by atoms with Gasteiger partial charge >= 0.3 is 0 Å². The summed E-state index contributed by atoms with van der Waals surface area (Å²) in [7, 11) is 0. The average molecular weight is 564 g/mol. The summed E-state index contributed by atoms with van der Waals surface area (Å²) < 4.78 is 6.84. The van der Waals surface area contributed by atoms with Gasteiger partial charge in [0.15, 0.2) is 5.58 Å². The molecular weight excluding hydrogens is 534 g/mol. The maximum absolute atomic E-state index is 6.84. The lowest BCUT2D eigenvalue weighted by Crippen LogP contribution is -2.10. The first-order valence-electron chi connectivity index (χ1n) is 14.9. The fourth-order valence-corrected chi connectivity index (χ4v) is 6.12. The van der Waals surface area contributed by atoms with Gasteiger partial charge in [-0.25, -0.2) is 0 Å². The van der Waals surface area contributed by atoms with Crippen LogP contribution in [0.15, 0.2) is 180 Å². The summed E-state index contributed by atoms with van der Waals surface area (Å²) in [4.78, 5) is 2.30. The molecule has 1 heterocycles. The number of anilines is 3. The van der Waals surface area contributed by atoms with E-state index in [2.05, 4.69) is 175 Å². The average Bonchev–Trinajstić information content (AvgIpc) is 3.50. The molecule has 0 saturated carbocycles. The van der Waals surface area contributed by atoms with Crippen LogP contribution in [0.2, 0.25) is 0 Å². The van der Waals surface area contributed by atoms with Crippen molar-refractivity contribution in [2.45, 2.75) is 0 Å². The summed E-state index contributed by atoms with van der Waals surface area (Å²) in [5, 5.41) is 2.21. The molecule has 8 rings (SSSR count). The van der Waals surface area contributed by atoms with E-state index in [4.69, 9.17) is 4.42 Å². The zero-order valence-corrected chi connectivity index (χ0v) is 24.1. The van der Waals surface area contributed by atoms with Gasteiger partial charge in [-0.05, 0) is 58.1 Å². The maximum atomic E-state index is 6.84. The van der Waals surface area contributed by atoms with Crippen LogP contribution in [0.4, 0.5) is 17.1 Å². The lowest BCUT2D eigenvalue weighted by Gasteiger charge is -2.26. The quantitative estimate of drug-likeness (QED) is 0.200. The highest BCUT2D eigenvalue weighted by molar-refractivity contribution is 6.13. The topological polar surface area (TPSA) is 16.4 Å². The number of nitrogens with zero attached hydrogens (tertiary/aromatic N) is 1. The van der Waals surface area contributed by atoms with Crippen molar-refractivity contribution in [3.8, 4) is 33.4 Å². The van der Waals surface area contributed by atoms with Crippen LogP contribution >= 0.6 is 0 Å². The van der Waals surface area contributed by atoms with E-state index in [-0.39, 0.29) is 0 Å². The Labute approximate surface area is 257 Å². The van der Waals surface area contributed by atoms with Gasteiger partial charge < -0.3 is 9.32 Å². The van der Waals surface area contributed by atoms with Crippen LogP contribution in [0.25, 0.3) is 55.3 Å². The summed E-state index contributed by atoms with van der Waals surface area (Å²) in [6, 6.07) is 61.9. The van der Waals surface area contributed by atoms with Crippen LogP contribution < -0.4 is 4.90 Å². The van der Waals surface area contributed by atoms with Gasteiger partial charge in [0, 0.05) is 27.7 Å². The second kappa shape index (κ2) is 11.1. The minimum Gasteiger partial charge on any atom is -0.453 e. The Hall–Kier alpha value is -5.86. The van der Waals surface area contributed by atoms with Crippen LogP contribution in [-0.4, -0.2) is 0 Å². The minimum atomic E-state index is 0.866. The van der Waals surface area contributed by atoms with Crippen molar-refractivity contribution in [3.63, 3.8) is 0 Å². The van der Waals surface area contributed by atoms with Gasteiger partial charge in [-0.2, -0.15) is 0 Å². The predicted molar refractivity (Wildman–Crippen MR) is 185 cm³/mol. The third-order valence-electron chi connectivity index (χ3n) is 8.29. The zero-order chi connectivity index (χ0) is 29.3. The molecule has 0 bridgehead atoms. The van der Waals surface area contributed by atoms with Crippen molar-refractivity contribution in [1.82, 2.24) is 0 Å². The Balaban J connectivity index is 1.31. The number of rotatable bonds is 6. The highest BCUT2D eigenvalue weighted by Gasteiger charge is 2.20. The number of fused-ring (bicyclic) bond motifs is 3. The van der Waals surface area contributed by atoms with E-state index in [0.29, 0.717) is 0 Å². The van der Waals surface area contributed by atoms with Gasteiger partial charge in [0.25, 0.3) is 0 Å². The molecule has 208 valence electrons. The number of hydrogen-bond donors (Lipinski definition) is 0. The van der Waals surface area contributed by atoms with Crippen molar-refractivity contribution in [3.05, 3.63) is 176 Å². The highest BCUT2D eigenvalue weighted by atomic mass is 16.3. The van der Waals surface area contributed by atoms with E-state index < -0.39 is 0 Å². The molecule has 0 atom stereocenters. The molecule has 0 radical (unpaired) electrons. The monoisotopic (exact) mass is 563 g/mol. The lowest BCUT2D eigenvalue weighted by molar-refractivity contribution is 0.670. The van der Waals surface area contributed by atoms with Crippen LogP contribution in [-0.2, 0) is 0 Å². The largest absolute Gasteiger partial charge is 0.453 e. The standard InChI is InChI=1S/C42H29NO/c1-4-12-30(13-5-1)32-22-26-35(27-23-32)43(36-28-24-33(25-29-36)31-14-6-2-7-15-31)40-21-11-20-39-38-19-10-18-37(41(38)44-42(39)40)34-16-8-3-9-17-34/h1-29H. The molecule has 0 fully saturated rings. The molecular formula is C42H29NO. The first-order chi connectivity index (χ1) is 21.8. The lowest BCUT2D eigenvalue weighted by atomic mass is 10.0. The normalized spacial score (nSPS) is 11.2. The van der Waals surface area contributed by atoms with Crippen LogP contribution in [0.3, 0.4) is 0 Å². The number of furan rings is 1. The van der Waals surface area contributed by atoms with E-state index in [9.17, 15) is 0 Å². The number of hydrogen-bond acceptors (Lipinski definition) is 2. The molecule has 0 aliphatic rings. The van der Waals surface area contributed by atoms with Gasteiger partial charge in [0.05, 0.1) is 5.69 Å². The summed E-state index contributed by atoms with van der Waals surface area (Å²) in [6.45, 7) is 0. The summed E-state index contributed by atoms with van der Waals surface area (Å²) >= 11 is 0. The second-order valence-corrected chi connectivity index (χ2v) is 11.0. The van der Waals surface area contributed by atoms with E-state index in [1.807, 2.05) is 6.07 Å². The zero-order valence-electron chi connectivity index (χ0n) is 24.1. The summed E-state index contributed by atoms with van der Waals surface area (Å²) in [6.07, 6.45) is 0. The van der Waals surface area contributed by atoms with Gasteiger partial charge in [0.2, 0.25) is 0 Å². The van der Waals surface area contributed by atoms with Crippen molar-refractivity contribution >= 4 is 39.0 Å². The summed E-state index contributed by atoms with van der Waals surface area (Å²) in [5.41, 5.74) is 11.9. The molecule has 8 aromatic rings. The maximum Gasteiger partial charge on any atom is 0.159 e. The van der Waals surface area contributed by atoms with Gasteiger partial charge in [-0.3, -0.25) is 0 Å². The van der Waals surface area contributed by atoms with Crippen molar-refractivity contribution in [2.75, 3.05) is 4.90 Å². The Morgan fingerprint density at radius 2 is 0.750 bits per heavy atom. The smallest absolute Gasteiger partial charge is 0.159 e. The SMILES string of the molecule is c1ccc(-c2ccc(N(c3ccc(-c4ccccc4)cc3)c3cccc4c3oc3c(-c5ccccc5)cccc34)cc2)cc1. The predicted octanol–water partition coefficient (Wildman–Crippen LogP) is 12.1. The van der Waals surface area contributed by atoms with E-state index in [0.717, 1.165) is 50.1 Å². The van der Waals surface area contributed by atoms with Crippen molar-refractivity contribution in [1.29, 1.82) is 0 Å². The molecule has 0 amide bonds. The molecule has 0 aliphatic heterocycles. The number of para-hydroxylation sites is 2. The molecule has 0 spiro atoms. The fraction of sp³-hybridized carbons (Fsp3) is 0. The molecule has 7 aromatic carbocycles. The first-order valence-corrected chi connectivity index (χ1v) is 14.9. The van der Waals surface area contributed by atoms with Gasteiger partial charge in [-0.15, -0.1) is 0 Å². The third kappa shape index (κ3) is 4.63. The molecule has 1 aromatic heterocycles. The highest BCUT2D eigenvalue weighted by Crippen LogP contribution is 2.44. The van der Waals surface area contributed by atoms with Crippen LogP contribution in [0.5, 0.6) is 0 Å². The molecule has 0 saturated heterocycles. The van der Waals surface area contributed by atoms with E-state index in [1.165, 1.54) is 22.3 Å². The van der Waals surface area contributed by atoms with Gasteiger partial charge in [-0.1, -0.05) is 146 Å². The molecule has 44 heavy (non-hydrogen) atoms. The Bertz CT molecular complexity index is 2100. The third-order valence-corrected chi connectivity index (χ3v) is 8.29. The molecule has 0 aliphatic carbocycles. The molecule has 2 nitrogen and oxygen atoms in total.